The topological polar surface area (TPSA) is 43.4 Å². The third-order valence-electron chi connectivity index (χ3n) is 3.55. The molecule has 0 aromatic heterocycles. The Morgan fingerprint density at radius 3 is 2.89 bits per heavy atom. The summed E-state index contributed by atoms with van der Waals surface area (Å²) in [6.45, 7) is 2.66. The molecule has 2 aliphatic rings. The van der Waals surface area contributed by atoms with Crippen LogP contribution in [0.2, 0.25) is 0 Å². The van der Waals surface area contributed by atoms with Crippen molar-refractivity contribution in [3.8, 4) is 5.75 Å². The van der Waals surface area contributed by atoms with Gasteiger partial charge in [-0.3, -0.25) is 9.59 Å². The van der Waals surface area contributed by atoms with Crippen molar-refractivity contribution >= 4 is 23.3 Å². The van der Waals surface area contributed by atoms with Crippen LogP contribution in [0.3, 0.4) is 0 Å². The fourth-order valence-corrected chi connectivity index (χ4v) is 3.35. The molecule has 1 aromatic rings. The van der Waals surface area contributed by atoms with Gasteiger partial charge in [0.2, 0.25) is 0 Å². The van der Waals surface area contributed by atoms with Crippen LogP contribution in [0.15, 0.2) is 17.0 Å². The molecular weight excluding hydrogens is 260 g/mol. The second kappa shape index (κ2) is 5.00. The van der Waals surface area contributed by atoms with Crippen LogP contribution in [-0.2, 0) is 4.79 Å². The van der Waals surface area contributed by atoms with Gasteiger partial charge in [0.15, 0.2) is 5.78 Å². The zero-order valence-corrected chi connectivity index (χ0v) is 11.7. The van der Waals surface area contributed by atoms with Crippen LogP contribution in [-0.4, -0.2) is 23.9 Å². The lowest BCUT2D eigenvalue weighted by Crippen LogP contribution is -2.14. The van der Waals surface area contributed by atoms with E-state index in [1.807, 2.05) is 19.1 Å². The Kier molecular flexibility index (Phi) is 3.35. The number of hydrogen-bond acceptors (Lipinski definition) is 4. The van der Waals surface area contributed by atoms with Crippen LogP contribution in [0.5, 0.6) is 5.75 Å². The van der Waals surface area contributed by atoms with E-state index in [0.717, 1.165) is 34.8 Å². The van der Waals surface area contributed by atoms with E-state index < -0.39 is 0 Å². The maximum atomic E-state index is 12.3. The van der Waals surface area contributed by atoms with E-state index in [-0.39, 0.29) is 23.9 Å². The lowest BCUT2D eigenvalue weighted by atomic mass is 10.0. The van der Waals surface area contributed by atoms with Crippen molar-refractivity contribution in [3.05, 3.63) is 23.3 Å². The summed E-state index contributed by atoms with van der Waals surface area (Å²) in [5.74, 6) is 1.86. The molecule has 0 unspecified atom stereocenters. The highest BCUT2D eigenvalue weighted by Gasteiger charge is 2.31. The van der Waals surface area contributed by atoms with Crippen molar-refractivity contribution in [1.29, 1.82) is 0 Å². The SMILES string of the molecule is Cc1ccc(C(=O)CC(=O)C2CC2)c2c1OCCS2. The second-order valence-corrected chi connectivity index (χ2v) is 6.23. The molecule has 1 heterocycles. The molecule has 0 bridgehead atoms. The number of carbonyl (C=O) groups is 2. The first kappa shape index (κ1) is 12.7. The monoisotopic (exact) mass is 276 g/mol. The average molecular weight is 276 g/mol. The maximum Gasteiger partial charge on any atom is 0.171 e. The highest BCUT2D eigenvalue weighted by Crippen LogP contribution is 2.39. The van der Waals surface area contributed by atoms with Gasteiger partial charge in [-0.15, -0.1) is 11.8 Å². The predicted molar refractivity (Wildman–Crippen MR) is 74.1 cm³/mol. The average Bonchev–Trinajstić information content (AvgIpc) is 3.23. The summed E-state index contributed by atoms with van der Waals surface area (Å²) in [5, 5.41) is 0. The quantitative estimate of drug-likeness (QED) is 0.626. The molecule has 1 aliphatic carbocycles. The molecule has 3 rings (SSSR count). The second-order valence-electron chi connectivity index (χ2n) is 5.13. The molecule has 100 valence electrons. The number of benzene rings is 1. The Morgan fingerprint density at radius 2 is 2.16 bits per heavy atom. The number of ketones is 2. The molecule has 0 spiro atoms. The molecule has 0 atom stereocenters. The molecule has 1 aliphatic heterocycles. The first-order valence-electron chi connectivity index (χ1n) is 6.62. The summed E-state index contributed by atoms with van der Waals surface area (Å²) >= 11 is 1.65. The van der Waals surface area contributed by atoms with Crippen LogP contribution in [0.1, 0.15) is 35.2 Å². The Morgan fingerprint density at radius 1 is 1.37 bits per heavy atom. The Bertz CT molecular complexity index is 547. The first-order valence-corrected chi connectivity index (χ1v) is 7.60. The minimum Gasteiger partial charge on any atom is -0.491 e. The highest BCUT2D eigenvalue weighted by molar-refractivity contribution is 7.99. The molecule has 0 radical (unpaired) electrons. The lowest BCUT2D eigenvalue weighted by molar-refractivity contribution is -0.119. The van der Waals surface area contributed by atoms with E-state index in [1.165, 1.54) is 0 Å². The zero-order valence-electron chi connectivity index (χ0n) is 10.9. The zero-order chi connectivity index (χ0) is 13.4. The third-order valence-corrected chi connectivity index (χ3v) is 4.62. The van der Waals surface area contributed by atoms with Crippen LogP contribution in [0.25, 0.3) is 0 Å². The van der Waals surface area contributed by atoms with Gasteiger partial charge in [0.1, 0.15) is 11.5 Å². The fraction of sp³-hybridized carbons (Fsp3) is 0.467. The number of hydrogen-bond donors (Lipinski definition) is 0. The summed E-state index contributed by atoms with van der Waals surface area (Å²) in [6, 6.07) is 3.73. The van der Waals surface area contributed by atoms with E-state index in [1.54, 1.807) is 11.8 Å². The van der Waals surface area contributed by atoms with Gasteiger partial charge in [-0.2, -0.15) is 0 Å². The largest absolute Gasteiger partial charge is 0.491 e. The van der Waals surface area contributed by atoms with Gasteiger partial charge < -0.3 is 4.74 Å². The van der Waals surface area contributed by atoms with E-state index in [4.69, 9.17) is 4.74 Å². The first-order chi connectivity index (χ1) is 9.16. The van der Waals surface area contributed by atoms with Gasteiger partial charge in [-0.05, 0) is 31.4 Å². The number of aryl methyl sites for hydroxylation is 1. The van der Waals surface area contributed by atoms with Crippen molar-refractivity contribution < 1.29 is 14.3 Å². The van der Waals surface area contributed by atoms with E-state index in [2.05, 4.69) is 0 Å². The van der Waals surface area contributed by atoms with Crippen LogP contribution < -0.4 is 4.74 Å². The number of thioether (sulfide) groups is 1. The summed E-state index contributed by atoms with van der Waals surface area (Å²) in [6.07, 6.45) is 1.95. The van der Waals surface area contributed by atoms with Crippen molar-refractivity contribution in [2.75, 3.05) is 12.4 Å². The Labute approximate surface area is 116 Å². The Hall–Kier alpha value is -1.29. The van der Waals surface area contributed by atoms with Crippen LogP contribution in [0.4, 0.5) is 0 Å². The molecule has 4 heteroatoms. The molecule has 3 nitrogen and oxygen atoms in total. The smallest absolute Gasteiger partial charge is 0.171 e. The van der Waals surface area contributed by atoms with E-state index >= 15 is 0 Å². The molecule has 1 aromatic carbocycles. The summed E-state index contributed by atoms with van der Waals surface area (Å²) < 4.78 is 5.65. The molecule has 1 fully saturated rings. The summed E-state index contributed by atoms with van der Waals surface area (Å²) in [4.78, 5) is 25.0. The molecule has 0 saturated heterocycles. The van der Waals surface area contributed by atoms with Crippen molar-refractivity contribution in [1.82, 2.24) is 0 Å². The molecule has 19 heavy (non-hydrogen) atoms. The fourth-order valence-electron chi connectivity index (χ4n) is 2.29. The minimum atomic E-state index is -0.0637. The highest BCUT2D eigenvalue weighted by atomic mass is 32.2. The standard InChI is InChI=1S/C15H16O3S/c1-9-2-5-11(15-14(9)18-6-7-19-15)13(17)8-12(16)10-3-4-10/h2,5,10H,3-4,6-8H2,1H3. The van der Waals surface area contributed by atoms with Crippen molar-refractivity contribution in [2.24, 2.45) is 5.92 Å². The van der Waals surface area contributed by atoms with Crippen LogP contribution in [0, 0.1) is 12.8 Å². The summed E-state index contributed by atoms with van der Waals surface area (Å²) in [7, 11) is 0. The number of fused-ring (bicyclic) bond motifs is 1. The van der Waals surface area contributed by atoms with Gasteiger partial charge in [-0.1, -0.05) is 6.07 Å². The molecule has 0 amide bonds. The number of ether oxygens (including phenoxy) is 1. The lowest BCUT2D eigenvalue weighted by Gasteiger charge is -2.21. The molecule has 1 saturated carbocycles. The number of Topliss-reactive ketones (excluding diaryl/α,β-unsaturated/α-hetero) is 2. The number of carbonyl (C=O) groups excluding carboxylic acids is 2. The van der Waals surface area contributed by atoms with Gasteiger partial charge in [0.25, 0.3) is 0 Å². The van der Waals surface area contributed by atoms with Crippen molar-refractivity contribution in [3.63, 3.8) is 0 Å². The van der Waals surface area contributed by atoms with Gasteiger partial charge in [-0.25, -0.2) is 0 Å². The van der Waals surface area contributed by atoms with Crippen LogP contribution >= 0.6 is 11.8 Å². The van der Waals surface area contributed by atoms with Gasteiger partial charge in [0.05, 0.1) is 17.9 Å². The molecule has 0 N–H and O–H groups in total. The maximum absolute atomic E-state index is 12.3. The Balaban J connectivity index is 1.87. The van der Waals surface area contributed by atoms with Gasteiger partial charge in [0, 0.05) is 17.2 Å². The predicted octanol–water partition coefficient (Wildman–Crippen LogP) is 3.03. The normalized spacial score (nSPS) is 17.5. The third kappa shape index (κ3) is 2.54. The van der Waals surface area contributed by atoms with Crippen molar-refractivity contribution in [2.45, 2.75) is 31.1 Å². The minimum absolute atomic E-state index is 0.0424. The van der Waals surface area contributed by atoms with E-state index in [0.29, 0.717) is 12.2 Å². The van der Waals surface area contributed by atoms with E-state index in [9.17, 15) is 9.59 Å². The molecular formula is C15H16O3S. The van der Waals surface area contributed by atoms with Gasteiger partial charge >= 0.3 is 0 Å². The number of rotatable bonds is 4. The summed E-state index contributed by atoms with van der Waals surface area (Å²) in [5.41, 5.74) is 1.70.